The normalized spacial score (nSPS) is 14.1. The predicted molar refractivity (Wildman–Crippen MR) is 131 cm³/mol. The minimum absolute atomic E-state index is 0. The molecule has 4 rings (SSSR count). The van der Waals surface area contributed by atoms with Crippen molar-refractivity contribution in [1.29, 1.82) is 0 Å². The molecule has 1 aromatic carbocycles. The van der Waals surface area contributed by atoms with E-state index in [1.807, 2.05) is 12.4 Å². The maximum Gasteiger partial charge on any atom is 0.191 e. The molecule has 30 heavy (non-hydrogen) atoms. The molecule has 2 aromatic heterocycles. The number of H-pyrrole nitrogens is 1. The van der Waals surface area contributed by atoms with Gasteiger partial charge in [-0.25, -0.2) is 9.37 Å². The minimum Gasteiger partial charge on any atom is -0.361 e. The molecule has 0 amide bonds. The van der Waals surface area contributed by atoms with Gasteiger partial charge in [0.1, 0.15) is 11.6 Å². The zero-order valence-corrected chi connectivity index (χ0v) is 19.4. The van der Waals surface area contributed by atoms with Gasteiger partial charge in [0, 0.05) is 56.5 Å². The molecule has 0 spiro atoms. The summed E-state index contributed by atoms with van der Waals surface area (Å²) in [6, 6.07) is 9.02. The Kier molecular flexibility index (Phi) is 7.89. The first kappa shape index (κ1) is 22.3. The lowest BCUT2D eigenvalue weighted by Crippen LogP contribution is -2.37. The van der Waals surface area contributed by atoms with Crippen LogP contribution in [0.5, 0.6) is 0 Å². The lowest BCUT2D eigenvalue weighted by atomic mass is 10.1. The second kappa shape index (κ2) is 10.6. The second-order valence-electron chi connectivity index (χ2n) is 7.33. The average molecular weight is 522 g/mol. The molecule has 0 radical (unpaired) electrons. The van der Waals surface area contributed by atoms with Crippen LogP contribution in [0.3, 0.4) is 0 Å². The molecule has 0 aliphatic carbocycles. The van der Waals surface area contributed by atoms with Gasteiger partial charge in [0.25, 0.3) is 0 Å². The van der Waals surface area contributed by atoms with Gasteiger partial charge in [0.05, 0.1) is 0 Å². The molecule has 160 valence electrons. The Morgan fingerprint density at radius 2 is 2.03 bits per heavy atom. The molecule has 0 saturated carbocycles. The number of aliphatic imine (C=N–C) groups is 1. The van der Waals surface area contributed by atoms with Crippen LogP contribution in [0.4, 0.5) is 10.2 Å². The van der Waals surface area contributed by atoms with E-state index in [2.05, 4.69) is 42.6 Å². The Hall–Kier alpha value is -2.36. The summed E-state index contributed by atoms with van der Waals surface area (Å²) in [4.78, 5) is 14.4. The lowest BCUT2D eigenvalue weighted by molar-refractivity contribution is 0.629. The van der Waals surface area contributed by atoms with Gasteiger partial charge in [0.15, 0.2) is 5.96 Å². The Labute approximate surface area is 193 Å². The van der Waals surface area contributed by atoms with E-state index in [4.69, 9.17) is 0 Å². The summed E-state index contributed by atoms with van der Waals surface area (Å²) < 4.78 is 13.5. The fourth-order valence-electron chi connectivity index (χ4n) is 3.73. The number of fused-ring (bicyclic) bond motifs is 1. The number of benzene rings is 1. The molecule has 3 aromatic rings. The first-order valence-corrected chi connectivity index (χ1v) is 10.1. The van der Waals surface area contributed by atoms with Crippen molar-refractivity contribution in [3.63, 3.8) is 0 Å². The summed E-state index contributed by atoms with van der Waals surface area (Å²) in [5, 5.41) is 7.56. The molecular formula is C22H28FIN6. The molecule has 1 saturated heterocycles. The average Bonchev–Trinajstić information content (AvgIpc) is 3.41. The summed E-state index contributed by atoms with van der Waals surface area (Å²) in [5.41, 5.74) is 3.15. The van der Waals surface area contributed by atoms with Crippen LogP contribution in [-0.2, 0) is 13.0 Å². The summed E-state index contributed by atoms with van der Waals surface area (Å²) in [6.07, 6.45) is 7.14. The third-order valence-electron chi connectivity index (χ3n) is 5.34. The molecule has 1 aliphatic heterocycles. The number of guanidine groups is 1. The van der Waals surface area contributed by atoms with Crippen molar-refractivity contribution in [1.82, 2.24) is 20.6 Å². The molecule has 3 heterocycles. The molecule has 1 fully saturated rings. The number of hydrogen-bond donors (Lipinski definition) is 3. The maximum absolute atomic E-state index is 13.5. The van der Waals surface area contributed by atoms with E-state index >= 15 is 0 Å². The Morgan fingerprint density at radius 1 is 1.20 bits per heavy atom. The number of nitrogens with one attached hydrogen (secondary N) is 3. The monoisotopic (exact) mass is 522 g/mol. The molecular weight excluding hydrogens is 494 g/mol. The Balaban J connectivity index is 0.00000256. The van der Waals surface area contributed by atoms with Crippen LogP contribution >= 0.6 is 24.0 Å². The van der Waals surface area contributed by atoms with Gasteiger partial charge in [-0.05, 0) is 54.7 Å². The first-order chi connectivity index (χ1) is 14.2. The number of rotatable bonds is 6. The summed E-state index contributed by atoms with van der Waals surface area (Å²) in [7, 11) is 1.76. The number of anilines is 1. The van der Waals surface area contributed by atoms with E-state index in [0.29, 0.717) is 13.1 Å². The van der Waals surface area contributed by atoms with Crippen molar-refractivity contribution in [2.45, 2.75) is 25.8 Å². The van der Waals surface area contributed by atoms with E-state index in [1.54, 1.807) is 19.2 Å². The van der Waals surface area contributed by atoms with E-state index < -0.39 is 0 Å². The molecule has 0 unspecified atom stereocenters. The largest absolute Gasteiger partial charge is 0.361 e. The zero-order chi connectivity index (χ0) is 20.1. The van der Waals surface area contributed by atoms with Crippen molar-refractivity contribution in [3.05, 3.63) is 59.7 Å². The maximum atomic E-state index is 13.5. The predicted octanol–water partition coefficient (Wildman–Crippen LogP) is 3.83. The third kappa shape index (κ3) is 5.41. The molecule has 1 aliphatic rings. The van der Waals surface area contributed by atoms with Gasteiger partial charge in [-0.15, -0.1) is 24.0 Å². The molecule has 8 heteroatoms. The van der Waals surface area contributed by atoms with Gasteiger partial charge >= 0.3 is 0 Å². The van der Waals surface area contributed by atoms with Crippen LogP contribution < -0.4 is 15.5 Å². The highest BCUT2D eigenvalue weighted by molar-refractivity contribution is 14.0. The highest BCUT2D eigenvalue weighted by Crippen LogP contribution is 2.20. The van der Waals surface area contributed by atoms with Gasteiger partial charge in [0.2, 0.25) is 0 Å². The summed E-state index contributed by atoms with van der Waals surface area (Å²) >= 11 is 0. The number of pyridine rings is 1. The van der Waals surface area contributed by atoms with Crippen molar-refractivity contribution in [2.75, 3.05) is 31.6 Å². The van der Waals surface area contributed by atoms with Crippen LogP contribution in [0.2, 0.25) is 0 Å². The lowest BCUT2D eigenvalue weighted by Gasteiger charge is -2.16. The standard InChI is InChI=1S/C22H27FN6.HI/c1-24-22(25-9-8-17-15-26-20-6-5-18(23)12-19(17)20)28-14-16-4-7-21(27-13-16)29-10-2-3-11-29;/h4-7,12-13,15,26H,2-3,8-11,14H2,1H3,(H2,24,25,28);1H. The van der Waals surface area contributed by atoms with Crippen LogP contribution in [-0.4, -0.2) is 42.6 Å². The SMILES string of the molecule is CN=C(NCCc1c[nH]c2ccc(F)cc12)NCc1ccc(N2CCCC2)nc1.I. The highest BCUT2D eigenvalue weighted by atomic mass is 127. The van der Waals surface area contributed by atoms with Crippen LogP contribution in [0, 0.1) is 5.82 Å². The van der Waals surface area contributed by atoms with Crippen molar-refractivity contribution in [2.24, 2.45) is 4.99 Å². The van der Waals surface area contributed by atoms with Gasteiger partial charge < -0.3 is 20.5 Å². The third-order valence-corrected chi connectivity index (χ3v) is 5.34. The molecule has 6 nitrogen and oxygen atoms in total. The molecule has 0 bridgehead atoms. The van der Waals surface area contributed by atoms with Crippen molar-refractivity contribution in [3.8, 4) is 0 Å². The fourth-order valence-corrected chi connectivity index (χ4v) is 3.73. The molecule has 3 N–H and O–H groups in total. The Bertz CT molecular complexity index is 979. The minimum atomic E-state index is -0.215. The van der Waals surface area contributed by atoms with Crippen LogP contribution in [0.1, 0.15) is 24.0 Å². The zero-order valence-electron chi connectivity index (χ0n) is 17.1. The van der Waals surface area contributed by atoms with Crippen molar-refractivity contribution < 1.29 is 4.39 Å². The van der Waals surface area contributed by atoms with Gasteiger partial charge in [-0.2, -0.15) is 0 Å². The second-order valence-corrected chi connectivity index (χ2v) is 7.33. The number of aromatic amines is 1. The van der Waals surface area contributed by atoms with Crippen LogP contribution in [0.25, 0.3) is 10.9 Å². The molecule has 0 atom stereocenters. The number of hydrogen-bond acceptors (Lipinski definition) is 3. The smallest absolute Gasteiger partial charge is 0.191 e. The number of halogens is 2. The van der Waals surface area contributed by atoms with Gasteiger partial charge in [-0.1, -0.05) is 6.07 Å². The summed E-state index contributed by atoms with van der Waals surface area (Å²) in [5.74, 6) is 1.58. The van der Waals surface area contributed by atoms with E-state index in [1.165, 1.54) is 18.9 Å². The van der Waals surface area contributed by atoms with E-state index in [9.17, 15) is 4.39 Å². The van der Waals surface area contributed by atoms with Gasteiger partial charge in [-0.3, -0.25) is 4.99 Å². The van der Waals surface area contributed by atoms with Crippen LogP contribution in [0.15, 0.2) is 47.7 Å². The number of nitrogens with zero attached hydrogens (tertiary/aromatic N) is 3. The van der Waals surface area contributed by atoms with E-state index in [0.717, 1.165) is 53.3 Å². The summed E-state index contributed by atoms with van der Waals surface area (Å²) in [6.45, 7) is 3.56. The first-order valence-electron chi connectivity index (χ1n) is 10.1. The fraction of sp³-hybridized carbons (Fsp3) is 0.364. The highest BCUT2D eigenvalue weighted by Gasteiger charge is 2.13. The number of aromatic nitrogens is 2. The van der Waals surface area contributed by atoms with Crippen molar-refractivity contribution >= 4 is 46.7 Å². The van der Waals surface area contributed by atoms with E-state index in [-0.39, 0.29) is 29.8 Å². The Morgan fingerprint density at radius 3 is 2.77 bits per heavy atom. The topological polar surface area (TPSA) is 68.3 Å². The quantitative estimate of drug-likeness (QED) is 0.262.